The van der Waals surface area contributed by atoms with Crippen molar-refractivity contribution in [3.05, 3.63) is 77.6 Å². The zero-order chi connectivity index (χ0) is 19.7. The third kappa shape index (κ3) is 3.42. The van der Waals surface area contributed by atoms with E-state index < -0.39 is 0 Å². The molecule has 0 saturated heterocycles. The topological polar surface area (TPSA) is 69.0 Å². The Morgan fingerprint density at radius 2 is 1.75 bits per heavy atom. The van der Waals surface area contributed by atoms with Crippen molar-refractivity contribution in [2.24, 2.45) is 0 Å². The van der Waals surface area contributed by atoms with Gasteiger partial charge in [0.1, 0.15) is 22.6 Å². The van der Waals surface area contributed by atoms with Crippen LogP contribution in [0.15, 0.2) is 60.7 Å². The van der Waals surface area contributed by atoms with E-state index in [1.807, 2.05) is 13.0 Å². The monoisotopic (exact) mass is 376 g/mol. The number of carbonyl (C=O) groups is 1. The number of benzene rings is 3. The quantitative estimate of drug-likeness (QED) is 0.581. The Hall–Kier alpha value is -3.74. The highest BCUT2D eigenvalue weighted by atomic mass is 19.1. The van der Waals surface area contributed by atoms with Crippen LogP contribution in [0.5, 0.6) is 5.75 Å². The van der Waals surface area contributed by atoms with E-state index in [0.717, 1.165) is 5.56 Å². The molecule has 0 spiro atoms. The van der Waals surface area contributed by atoms with Crippen LogP contribution >= 0.6 is 0 Å². The van der Waals surface area contributed by atoms with E-state index in [9.17, 15) is 9.18 Å². The summed E-state index contributed by atoms with van der Waals surface area (Å²) in [6.07, 6.45) is 0. The van der Waals surface area contributed by atoms with Crippen molar-refractivity contribution in [3.63, 3.8) is 0 Å². The molecule has 1 heterocycles. The van der Waals surface area contributed by atoms with Crippen molar-refractivity contribution in [1.82, 2.24) is 15.0 Å². The molecule has 0 radical (unpaired) electrons. The van der Waals surface area contributed by atoms with Crippen LogP contribution < -0.4 is 10.1 Å². The van der Waals surface area contributed by atoms with E-state index >= 15 is 0 Å². The number of aryl methyl sites for hydroxylation is 1. The van der Waals surface area contributed by atoms with Gasteiger partial charge in [-0.1, -0.05) is 6.07 Å². The lowest BCUT2D eigenvalue weighted by Crippen LogP contribution is -2.12. The summed E-state index contributed by atoms with van der Waals surface area (Å²) in [4.78, 5) is 14.0. The number of carbonyl (C=O) groups excluding carboxylic acids is 1. The molecule has 4 rings (SSSR count). The average molecular weight is 376 g/mol. The second-order valence-corrected chi connectivity index (χ2v) is 6.31. The molecule has 1 aromatic heterocycles. The molecule has 1 amide bonds. The minimum atomic E-state index is -0.321. The molecular weight excluding hydrogens is 359 g/mol. The number of fused-ring (bicyclic) bond motifs is 1. The lowest BCUT2D eigenvalue weighted by molar-refractivity contribution is 0.102. The molecule has 0 aliphatic heterocycles. The number of halogens is 1. The molecule has 0 bridgehead atoms. The van der Waals surface area contributed by atoms with Crippen molar-refractivity contribution < 1.29 is 13.9 Å². The summed E-state index contributed by atoms with van der Waals surface area (Å²) in [6, 6.07) is 16.5. The summed E-state index contributed by atoms with van der Waals surface area (Å²) in [5.41, 5.74) is 3.95. The number of nitrogens with one attached hydrogen (secondary N) is 1. The first-order valence-corrected chi connectivity index (χ1v) is 8.62. The smallest absolute Gasteiger partial charge is 0.255 e. The Labute approximate surface area is 160 Å². The van der Waals surface area contributed by atoms with Gasteiger partial charge < -0.3 is 10.1 Å². The summed E-state index contributed by atoms with van der Waals surface area (Å²) in [7, 11) is 1.56. The van der Waals surface area contributed by atoms with Gasteiger partial charge in [0.15, 0.2) is 0 Å². The standard InChI is InChI=1S/C21H17FN4O2/c1-13-10-19-20(25-26(24-19)16-8-6-15(22)7-9-16)12-18(13)23-21(27)14-4-3-5-17(11-14)28-2/h3-12H,1-2H3,(H,23,27). The number of rotatable bonds is 4. The molecule has 0 aliphatic rings. The van der Waals surface area contributed by atoms with E-state index in [4.69, 9.17) is 4.74 Å². The Kier molecular flexibility index (Phi) is 4.49. The first kappa shape index (κ1) is 17.7. The molecule has 0 atom stereocenters. The van der Waals surface area contributed by atoms with E-state index in [2.05, 4.69) is 15.5 Å². The minimum Gasteiger partial charge on any atom is -0.497 e. The second kappa shape index (κ2) is 7.11. The van der Waals surface area contributed by atoms with Crippen molar-refractivity contribution >= 4 is 22.6 Å². The van der Waals surface area contributed by atoms with E-state index in [0.29, 0.717) is 33.7 Å². The summed E-state index contributed by atoms with van der Waals surface area (Å²) in [5.74, 6) is 0.0492. The van der Waals surface area contributed by atoms with Crippen LogP contribution in [0.2, 0.25) is 0 Å². The van der Waals surface area contributed by atoms with Gasteiger partial charge in [0.2, 0.25) is 0 Å². The van der Waals surface area contributed by atoms with Crippen molar-refractivity contribution in [1.29, 1.82) is 0 Å². The number of aromatic nitrogens is 3. The molecule has 0 unspecified atom stereocenters. The second-order valence-electron chi connectivity index (χ2n) is 6.31. The van der Waals surface area contributed by atoms with Crippen molar-refractivity contribution in [2.45, 2.75) is 6.92 Å². The molecule has 28 heavy (non-hydrogen) atoms. The molecular formula is C21H17FN4O2. The zero-order valence-corrected chi connectivity index (χ0v) is 15.3. The van der Waals surface area contributed by atoms with Gasteiger partial charge in [0.05, 0.1) is 12.8 Å². The van der Waals surface area contributed by atoms with Crippen molar-refractivity contribution in [2.75, 3.05) is 12.4 Å². The SMILES string of the molecule is COc1cccc(C(=O)Nc2cc3nn(-c4ccc(F)cc4)nc3cc2C)c1. The highest BCUT2D eigenvalue weighted by molar-refractivity contribution is 6.05. The third-order valence-corrected chi connectivity index (χ3v) is 4.36. The summed E-state index contributed by atoms with van der Waals surface area (Å²) in [6.45, 7) is 1.89. The van der Waals surface area contributed by atoms with Crippen LogP contribution in [0.25, 0.3) is 16.7 Å². The first-order chi connectivity index (χ1) is 13.5. The Bertz CT molecular complexity index is 1170. The van der Waals surface area contributed by atoms with Crippen LogP contribution in [-0.2, 0) is 0 Å². The van der Waals surface area contributed by atoms with Gasteiger partial charge in [-0.15, -0.1) is 10.2 Å². The average Bonchev–Trinajstić information content (AvgIpc) is 3.11. The predicted molar refractivity (Wildman–Crippen MR) is 105 cm³/mol. The molecule has 0 aliphatic carbocycles. The fourth-order valence-electron chi connectivity index (χ4n) is 2.85. The molecule has 0 saturated carbocycles. The molecule has 6 nitrogen and oxygen atoms in total. The number of anilines is 1. The predicted octanol–water partition coefficient (Wildman–Crippen LogP) is 4.13. The number of amides is 1. The summed E-state index contributed by atoms with van der Waals surface area (Å²) >= 11 is 0. The maximum atomic E-state index is 13.1. The maximum absolute atomic E-state index is 13.1. The van der Waals surface area contributed by atoms with Crippen LogP contribution in [0.3, 0.4) is 0 Å². The van der Waals surface area contributed by atoms with Crippen LogP contribution in [-0.4, -0.2) is 28.0 Å². The molecule has 7 heteroatoms. The zero-order valence-electron chi connectivity index (χ0n) is 15.3. The van der Waals surface area contributed by atoms with E-state index in [-0.39, 0.29) is 11.7 Å². The third-order valence-electron chi connectivity index (χ3n) is 4.36. The number of methoxy groups -OCH3 is 1. The van der Waals surface area contributed by atoms with Crippen LogP contribution in [0, 0.1) is 12.7 Å². The molecule has 4 aromatic rings. The highest BCUT2D eigenvalue weighted by Crippen LogP contribution is 2.23. The van der Waals surface area contributed by atoms with Crippen LogP contribution in [0.1, 0.15) is 15.9 Å². The molecule has 0 fully saturated rings. The Morgan fingerprint density at radius 1 is 1.04 bits per heavy atom. The number of nitrogens with zero attached hydrogens (tertiary/aromatic N) is 3. The Morgan fingerprint density at radius 3 is 2.46 bits per heavy atom. The largest absolute Gasteiger partial charge is 0.497 e. The van der Waals surface area contributed by atoms with Crippen molar-refractivity contribution in [3.8, 4) is 11.4 Å². The normalized spacial score (nSPS) is 10.8. The van der Waals surface area contributed by atoms with Gasteiger partial charge in [0, 0.05) is 11.3 Å². The van der Waals surface area contributed by atoms with Crippen LogP contribution in [0.4, 0.5) is 10.1 Å². The summed E-state index contributed by atoms with van der Waals surface area (Å²) in [5, 5.41) is 11.8. The fourth-order valence-corrected chi connectivity index (χ4v) is 2.85. The maximum Gasteiger partial charge on any atom is 0.255 e. The lowest BCUT2D eigenvalue weighted by Gasteiger charge is -2.09. The number of hydrogen-bond donors (Lipinski definition) is 1. The summed E-state index contributed by atoms with van der Waals surface area (Å²) < 4.78 is 18.3. The van der Waals surface area contributed by atoms with Gasteiger partial charge in [-0.3, -0.25) is 4.79 Å². The minimum absolute atomic E-state index is 0.243. The van der Waals surface area contributed by atoms with E-state index in [1.165, 1.54) is 16.9 Å². The van der Waals surface area contributed by atoms with Gasteiger partial charge in [0.25, 0.3) is 5.91 Å². The first-order valence-electron chi connectivity index (χ1n) is 8.62. The van der Waals surface area contributed by atoms with E-state index in [1.54, 1.807) is 49.6 Å². The van der Waals surface area contributed by atoms with Gasteiger partial charge >= 0.3 is 0 Å². The van der Waals surface area contributed by atoms with Gasteiger partial charge in [-0.25, -0.2) is 4.39 Å². The van der Waals surface area contributed by atoms with Gasteiger partial charge in [-0.05, 0) is 67.1 Å². The van der Waals surface area contributed by atoms with Gasteiger partial charge in [-0.2, -0.15) is 4.80 Å². The molecule has 140 valence electrons. The molecule has 1 N–H and O–H groups in total. The highest BCUT2D eigenvalue weighted by Gasteiger charge is 2.12. The Balaban J connectivity index is 1.65. The number of hydrogen-bond acceptors (Lipinski definition) is 4. The fraction of sp³-hybridized carbons (Fsp3) is 0.0952. The molecule has 3 aromatic carbocycles. The lowest BCUT2D eigenvalue weighted by atomic mass is 10.1. The number of ether oxygens (including phenoxy) is 1.